The van der Waals surface area contributed by atoms with E-state index >= 15 is 0 Å². The Morgan fingerprint density at radius 3 is 2.29 bits per heavy atom. The summed E-state index contributed by atoms with van der Waals surface area (Å²) < 4.78 is 41.7. The van der Waals surface area contributed by atoms with E-state index in [-0.39, 0.29) is 37.1 Å². The highest BCUT2D eigenvalue weighted by molar-refractivity contribution is 7.53. The van der Waals surface area contributed by atoms with Gasteiger partial charge < -0.3 is 13.8 Å². The molecule has 0 fully saturated rings. The van der Waals surface area contributed by atoms with Crippen LogP contribution in [0.1, 0.15) is 36.7 Å². The SMILES string of the molecule is CCOC(=O)c1cccc(F)c1CP(=O)(OCC)OCC. The van der Waals surface area contributed by atoms with Crippen LogP contribution in [0.2, 0.25) is 0 Å². The quantitative estimate of drug-likeness (QED) is 0.539. The molecule has 0 aliphatic heterocycles. The van der Waals surface area contributed by atoms with Gasteiger partial charge in [-0.2, -0.15) is 0 Å². The predicted molar refractivity (Wildman–Crippen MR) is 76.9 cm³/mol. The zero-order chi connectivity index (χ0) is 15.9. The highest BCUT2D eigenvalue weighted by Crippen LogP contribution is 2.52. The monoisotopic (exact) mass is 318 g/mol. The van der Waals surface area contributed by atoms with E-state index in [0.717, 1.165) is 0 Å². The van der Waals surface area contributed by atoms with Crippen molar-refractivity contribution in [1.29, 1.82) is 0 Å². The Bertz CT molecular complexity index is 522. The molecule has 1 rings (SSSR count). The minimum absolute atomic E-state index is 0.0128. The van der Waals surface area contributed by atoms with E-state index in [4.69, 9.17) is 13.8 Å². The van der Waals surface area contributed by atoms with Crippen LogP contribution >= 0.6 is 7.60 Å². The normalized spacial score (nSPS) is 11.4. The van der Waals surface area contributed by atoms with E-state index in [2.05, 4.69) is 0 Å². The second-order valence-electron chi connectivity index (χ2n) is 4.09. The zero-order valence-electron chi connectivity index (χ0n) is 12.4. The summed E-state index contributed by atoms with van der Waals surface area (Å²) in [5.41, 5.74) is 0.0256. The van der Waals surface area contributed by atoms with Crippen molar-refractivity contribution in [2.45, 2.75) is 26.9 Å². The molecule has 21 heavy (non-hydrogen) atoms. The van der Waals surface area contributed by atoms with Gasteiger partial charge in [0.1, 0.15) is 5.82 Å². The number of halogens is 1. The maximum absolute atomic E-state index is 14.0. The van der Waals surface area contributed by atoms with Gasteiger partial charge in [-0.3, -0.25) is 4.57 Å². The lowest BCUT2D eigenvalue weighted by atomic mass is 10.1. The number of hydrogen-bond acceptors (Lipinski definition) is 5. The van der Waals surface area contributed by atoms with E-state index in [9.17, 15) is 13.8 Å². The minimum Gasteiger partial charge on any atom is -0.462 e. The van der Waals surface area contributed by atoms with E-state index in [1.54, 1.807) is 20.8 Å². The molecular weight excluding hydrogens is 298 g/mol. The van der Waals surface area contributed by atoms with Gasteiger partial charge in [-0.1, -0.05) is 6.07 Å². The Labute approximate surface area is 123 Å². The minimum atomic E-state index is -3.50. The molecule has 0 saturated heterocycles. The van der Waals surface area contributed by atoms with Crippen LogP contribution in [0.15, 0.2) is 18.2 Å². The molecule has 118 valence electrons. The molecule has 0 amide bonds. The fourth-order valence-electron chi connectivity index (χ4n) is 1.84. The highest BCUT2D eigenvalue weighted by Gasteiger charge is 2.29. The summed E-state index contributed by atoms with van der Waals surface area (Å²) in [6.45, 7) is 5.49. The van der Waals surface area contributed by atoms with Crippen molar-refractivity contribution in [1.82, 2.24) is 0 Å². The zero-order valence-corrected chi connectivity index (χ0v) is 13.3. The molecule has 0 saturated carbocycles. The maximum Gasteiger partial charge on any atom is 0.338 e. The van der Waals surface area contributed by atoms with Gasteiger partial charge in [0.2, 0.25) is 0 Å². The van der Waals surface area contributed by atoms with Crippen LogP contribution in [-0.2, 0) is 24.5 Å². The summed E-state index contributed by atoms with van der Waals surface area (Å²) in [5, 5.41) is 0. The van der Waals surface area contributed by atoms with Gasteiger partial charge in [-0.15, -0.1) is 0 Å². The number of ether oxygens (including phenoxy) is 1. The van der Waals surface area contributed by atoms with Crippen LogP contribution in [0, 0.1) is 5.82 Å². The summed E-state index contributed by atoms with van der Waals surface area (Å²) in [5.74, 6) is -1.30. The molecule has 0 N–H and O–H groups in total. The second kappa shape index (κ2) is 8.27. The van der Waals surface area contributed by atoms with Gasteiger partial charge in [0.05, 0.1) is 31.5 Å². The number of hydrogen-bond donors (Lipinski definition) is 0. The largest absolute Gasteiger partial charge is 0.462 e. The Morgan fingerprint density at radius 1 is 1.14 bits per heavy atom. The topological polar surface area (TPSA) is 61.8 Å². The van der Waals surface area contributed by atoms with Crippen LogP contribution in [0.3, 0.4) is 0 Å². The molecule has 1 aromatic carbocycles. The summed E-state index contributed by atoms with van der Waals surface area (Å²) in [6.07, 6.45) is -0.310. The van der Waals surface area contributed by atoms with Crippen molar-refractivity contribution < 1.29 is 27.5 Å². The van der Waals surface area contributed by atoms with Crippen LogP contribution in [-0.4, -0.2) is 25.8 Å². The van der Waals surface area contributed by atoms with E-state index in [1.165, 1.54) is 18.2 Å². The fraction of sp³-hybridized carbons (Fsp3) is 0.500. The van der Waals surface area contributed by atoms with Crippen LogP contribution in [0.4, 0.5) is 4.39 Å². The molecule has 0 radical (unpaired) electrons. The molecule has 0 spiro atoms. The molecule has 0 unspecified atom stereocenters. The molecule has 0 heterocycles. The first-order valence-electron chi connectivity index (χ1n) is 6.80. The third kappa shape index (κ3) is 4.92. The lowest BCUT2D eigenvalue weighted by Crippen LogP contribution is -2.11. The Hall–Kier alpha value is -1.23. The van der Waals surface area contributed by atoms with Crippen molar-refractivity contribution >= 4 is 13.6 Å². The molecule has 0 aliphatic carbocycles. The van der Waals surface area contributed by atoms with Crippen molar-refractivity contribution in [3.8, 4) is 0 Å². The van der Waals surface area contributed by atoms with Crippen LogP contribution in [0.25, 0.3) is 0 Å². The van der Waals surface area contributed by atoms with Crippen molar-refractivity contribution in [3.63, 3.8) is 0 Å². The number of carbonyl (C=O) groups excluding carboxylic acids is 1. The first-order chi connectivity index (χ1) is 9.97. The van der Waals surface area contributed by atoms with Gasteiger partial charge in [-0.25, -0.2) is 9.18 Å². The molecule has 7 heteroatoms. The standard InChI is InChI=1S/C14H20FO5P/c1-4-18-14(16)11-8-7-9-13(15)12(11)10-21(17,19-5-2)20-6-3/h7-9H,4-6,10H2,1-3H3. The second-order valence-corrected chi connectivity index (χ2v) is 6.15. The number of carbonyl (C=O) groups is 1. The average molecular weight is 318 g/mol. The van der Waals surface area contributed by atoms with E-state index < -0.39 is 19.4 Å². The molecule has 0 aromatic heterocycles. The van der Waals surface area contributed by atoms with Gasteiger partial charge in [0.25, 0.3) is 0 Å². The third-order valence-corrected chi connectivity index (χ3v) is 4.62. The molecular formula is C14H20FO5P. The van der Waals surface area contributed by atoms with E-state index in [0.29, 0.717) is 0 Å². The number of benzene rings is 1. The Kier molecular flexibility index (Phi) is 7.02. The van der Waals surface area contributed by atoms with Gasteiger partial charge in [0, 0.05) is 5.56 Å². The average Bonchev–Trinajstić information content (AvgIpc) is 2.41. The van der Waals surface area contributed by atoms with Crippen LogP contribution < -0.4 is 0 Å². The summed E-state index contributed by atoms with van der Waals surface area (Å²) in [4.78, 5) is 11.9. The lowest BCUT2D eigenvalue weighted by Gasteiger charge is -2.18. The van der Waals surface area contributed by atoms with Crippen molar-refractivity contribution in [3.05, 3.63) is 35.1 Å². The smallest absolute Gasteiger partial charge is 0.338 e. The Balaban J connectivity index is 3.16. The first kappa shape index (κ1) is 17.8. The van der Waals surface area contributed by atoms with Crippen LogP contribution in [0.5, 0.6) is 0 Å². The third-order valence-electron chi connectivity index (χ3n) is 2.62. The number of rotatable bonds is 8. The Morgan fingerprint density at radius 2 is 1.76 bits per heavy atom. The summed E-state index contributed by atoms with van der Waals surface area (Å²) >= 11 is 0. The molecule has 0 aliphatic rings. The summed E-state index contributed by atoms with van der Waals surface area (Å²) in [7, 11) is -3.50. The number of esters is 1. The van der Waals surface area contributed by atoms with Crippen molar-refractivity contribution in [2.75, 3.05) is 19.8 Å². The first-order valence-corrected chi connectivity index (χ1v) is 8.52. The summed E-state index contributed by atoms with van der Waals surface area (Å²) in [6, 6.07) is 4.02. The molecule has 0 bridgehead atoms. The maximum atomic E-state index is 14.0. The molecule has 0 atom stereocenters. The van der Waals surface area contributed by atoms with Gasteiger partial charge >= 0.3 is 13.6 Å². The fourth-order valence-corrected chi connectivity index (χ4v) is 3.59. The highest BCUT2D eigenvalue weighted by atomic mass is 31.2. The van der Waals surface area contributed by atoms with E-state index in [1.807, 2.05) is 0 Å². The molecule has 5 nitrogen and oxygen atoms in total. The predicted octanol–water partition coefficient (Wildman–Crippen LogP) is 3.77. The van der Waals surface area contributed by atoms with Gasteiger partial charge in [-0.05, 0) is 32.9 Å². The molecule has 1 aromatic rings. The van der Waals surface area contributed by atoms with Crippen molar-refractivity contribution in [2.24, 2.45) is 0 Å². The van der Waals surface area contributed by atoms with Gasteiger partial charge in [0.15, 0.2) is 0 Å². The lowest BCUT2D eigenvalue weighted by molar-refractivity contribution is 0.0524.